The van der Waals surface area contributed by atoms with E-state index in [2.05, 4.69) is 27.8 Å². The van der Waals surface area contributed by atoms with E-state index in [-0.39, 0.29) is 12.5 Å². The summed E-state index contributed by atoms with van der Waals surface area (Å²) in [6, 6.07) is 4.02. The number of nitrogens with zero attached hydrogens (tertiary/aromatic N) is 2. The molecule has 2 aliphatic rings. The molecule has 0 aliphatic carbocycles. The van der Waals surface area contributed by atoms with E-state index in [1.807, 2.05) is 72.7 Å². The molecule has 0 aromatic heterocycles. The van der Waals surface area contributed by atoms with Crippen molar-refractivity contribution in [2.45, 2.75) is 118 Å². The number of Topliss-reactive ketones (excluding diaryl/α,β-unsaturated/α-hetero) is 1. The van der Waals surface area contributed by atoms with Gasteiger partial charge in [-0.3, -0.25) is 24.0 Å². The van der Waals surface area contributed by atoms with Crippen LogP contribution in [0.4, 0.5) is 4.79 Å². The van der Waals surface area contributed by atoms with Crippen LogP contribution >= 0.6 is 0 Å². The molecule has 2 heterocycles. The van der Waals surface area contributed by atoms with Crippen LogP contribution in [0.25, 0.3) is 0 Å². The Hall–Kier alpha value is -4.22. The Balaban J connectivity index is 1.73. The highest BCUT2D eigenvalue weighted by Gasteiger charge is 2.43. The van der Waals surface area contributed by atoms with Crippen LogP contribution in [0.15, 0.2) is 36.9 Å². The van der Waals surface area contributed by atoms with Crippen LogP contribution in [0.3, 0.4) is 0 Å². The van der Waals surface area contributed by atoms with Gasteiger partial charge in [0.15, 0.2) is 0 Å². The second-order valence-corrected chi connectivity index (χ2v) is 15.3. The molecule has 2 aliphatic heterocycles. The normalized spacial score (nSPS) is 18.1. The van der Waals surface area contributed by atoms with Gasteiger partial charge in [-0.25, -0.2) is 4.79 Å². The lowest BCUT2D eigenvalue weighted by Gasteiger charge is -2.39. The van der Waals surface area contributed by atoms with Gasteiger partial charge in [-0.2, -0.15) is 0 Å². The van der Waals surface area contributed by atoms with Crippen LogP contribution in [0, 0.1) is 10.8 Å². The summed E-state index contributed by atoms with van der Waals surface area (Å²) in [5.74, 6) is -2.46. The van der Waals surface area contributed by atoms with Crippen molar-refractivity contribution in [3.05, 3.63) is 48.0 Å². The summed E-state index contributed by atoms with van der Waals surface area (Å²) < 4.78 is 0. The third kappa shape index (κ3) is 10.6. The quantitative estimate of drug-likeness (QED) is 0.175. The lowest BCUT2D eigenvalue weighted by molar-refractivity contribution is -0.143. The number of unbranched alkanes of at least 4 members (excludes halogenated alkanes) is 1. The molecule has 3 rings (SSSR count). The highest BCUT2D eigenvalue weighted by molar-refractivity contribution is 6.38. The molecule has 0 radical (unpaired) electrons. The molecule has 0 bridgehead atoms. The van der Waals surface area contributed by atoms with Gasteiger partial charge in [0.25, 0.3) is 5.91 Å². The van der Waals surface area contributed by atoms with Crippen molar-refractivity contribution in [3.63, 3.8) is 0 Å². The Labute approximate surface area is 291 Å². The largest absolute Gasteiger partial charge is 0.346 e. The number of nitrogens with one attached hydrogen (secondary N) is 4. The molecule has 1 saturated heterocycles. The molecule has 4 N–H and O–H groups in total. The number of fused-ring (bicyclic) bond motifs is 1. The van der Waals surface area contributed by atoms with Gasteiger partial charge >= 0.3 is 6.03 Å². The first kappa shape index (κ1) is 39.2. The average Bonchev–Trinajstić information content (AvgIpc) is 3.53. The van der Waals surface area contributed by atoms with E-state index in [4.69, 9.17) is 0 Å². The highest BCUT2D eigenvalue weighted by atomic mass is 16.2. The molecule has 6 amide bonds. The predicted molar refractivity (Wildman–Crippen MR) is 188 cm³/mol. The van der Waals surface area contributed by atoms with Gasteiger partial charge in [-0.05, 0) is 41.2 Å². The number of carbonyl (C=O) groups is 6. The average molecular weight is 681 g/mol. The molecule has 12 nitrogen and oxygen atoms in total. The maximum atomic E-state index is 14.1. The number of carbonyl (C=O) groups excluding carboxylic acids is 6. The van der Waals surface area contributed by atoms with Crippen LogP contribution in [0.1, 0.15) is 91.7 Å². The molecular weight excluding hydrogens is 624 g/mol. The van der Waals surface area contributed by atoms with Gasteiger partial charge in [0.05, 0.1) is 18.5 Å². The molecule has 1 aromatic rings. The third-order valence-electron chi connectivity index (χ3n) is 9.26. The molecule has 12 heteroatoms. The molecule has 4 atom stereocenters. The lowest BCUT2D eigenvalue weighted by Crippen LogP contribution is -2.62. The minimum absolute atomic E-state index is 0.00715. The predicted octanol–water partition coefficient (Wildman–Crippen LogP) is 3.24. The number of amides is 6. The lowest BCUT2D eigenvalue weighted by atomic mass is 9.85. The number of rotatable bonds is 14. The third-order valence-corrected chi connectivity index (χ3v) is 9.26. The second kappa shape index (κ2) is 16.9. The maximum absolute atomic E-state index is 14.1. The second-order valence-electron chi connectivity index (χ2n) is 15.3. The maximum Gasteiger partial charge on any atom is 0.315 e. The first-order chi connectivity index (χ1) is 23.0. The zero-order valence-corrected chi connectivity index (χ0v) is 30.3. The van der Waals surface area contributed by atoms with Crippen molar-refractivity contribution in [1.82, 2.24) is 31.1 Å². The monoisotopic (exact) mass is 680 g/mol. The summed E-state index contributed by atoms with van der Waals surface area (Å²) in [6.45, 7) is 18.2. The van der Waals surface area contributed by atoms with Gasteiger partial charge in [0.2, 0.25) is 23.5 Å². The van der Waals surface area contributed by atoms with E-state index in [1.54, 1.807) is 4.90 Å². The molecule has 0 saturated carbocycles. The number of likely N-dealkylation sites (tertiary alicyclic amines) is 1. The van der Waals surface area contributed by atoms with Gasteiger partial charge < -0.3 is 31.1 Å². The molecule has 270 valence electrons. The summed E-state index contributed by atoms with van der Waals surface area (Å²) in [7, 11) is 0. The standard InChI is InChI=1S/C37H56N6O6/c1-9-11-17-26(30(45)33(47)38-19-10-2)39-32(46)27-18-14-20-43(27)34(48)31(37(6,7)8)41-35(49)40-28(36(3,4)5)23-42-22-25-16-13-12-15-24(25)21-29(42)44/h10,12-13,15-16,26-28,31H,2,9,11,14,17-23H2,1,3-8H3,(H,38,47)(H,39,46)(H2,40,41,49)/t26?,27-,28+,31+/m0/s1. The number of ketones is 1. The van der Waals surface area contributed by atoms with Gasteiger partial charge in [-0.1, -0.05) is 91.6 Å². The number of hydrogen-bond acceptors (Lipinski definition) is 6. The van der Waals surface area contributed by atoms with Gasteiger partial charge in [0.1, 0.15) is 12.1 Å². The topological polar surface area (TPSA) is 157 Å². The summed E-state index contributed by atoms with van der Waals surface area (Å²) in [5, 5.41) is 11.1. The van der Waals surface area contributed by atoms with E-state index in [0.29, 0.717) is 51.7 Å². The Bertz CT molecular complexity index is 1400. The van der Waals surface area contributed by atoms with E-state index in [9.17, 15) is 28.8 Å². The van der Waals surface area contributed by atoms with Gasteiger partial charge in [0, 0.05) is 26.2 Å². The zero-order chi connectivity index (χ0) is 36.5. The fraction of sp³-hybridized carbons (Fsp3) is 0.622. The van der Waals surface area contributed by atoms with Crippen molar-refractivity contribution < 1.29 is 28.8 Å². The van der Waals surface area contributed by atoms with Crippen LogP contribution in [0.2, 0.25) is 0 Å². The van der Waals surface area contributed by atoms with Crippen molar-refractivity contribution >= 4 is 35.4 Å². The highest BCUT2D eigenvalue weighted by Crippen LogP contribution is 2.28. The zero-order valence-electron chi connectivity index (χ0n) is 30.3. The molecular formula is C37H56N6O6. The van der Waals surface area contributed by atoms with Crippen LogP contribution in [-0.4, -0.2) is 89.0 Å². The smallest absolute Gasteiger partial charge is 0.315 e. The molecule has 1 unspecified atom stereocenters. The van der Waals surface area contributed by atoms with Crippen molar-refractivity contribution in [3.8, 4) is 0 Å². The van der Waals surface area contributed by atoms with Crippen LogP contribution < -0.4 is 21.3 Å². The summed E-state index contributed by atoms with van der Waals surface area (Å²) >= 11 is 0. The minimum Gasteiger partial charge on any atom is -0.346 e. The summed E-state index contributed by atoms with van der Waals surface area (Å²) in [6.07, 6.45) is 4.40. The number of benzene rings is 1. The Morgan fingerprint density at radius 3 is 2.27 bits per heavy atom. The molecule has 0 spiro atoms. The SMILES string of the molecule is C=CCNC(=O)C(=O)C(CCCC)NC(=O)[C@@H]1CCCN1C(=O)[C@@H](NC(=O)N[C@H](CN1Cc2ccccc2CC1=O)C(C)(C)C)C(C)(C)C. The Kier molecular flexibility index (Phi) is 13.6. The Morgan fingerprint density at radius 2 is 1.65 bits per heavy atom. The first-order valence-electron chi connectivity index (χ1n) is 17.4. The van der Waals surface area contributed by atoms with E-state index < -0.39 is 64.5 Å². The summed E-state index contributed by atoms with van der Waals surface area (Å²) in [4.78, 5) is 82.9. The van der Waals surface area contributed by atoms with Crippen molar-refractivity contribution in [1.29, 1.82) is 0 Å². The molecule has 49 heavy (non-hydrogen) atoms. The molecule has 1 fully saturated rings. The van der Waals surface area contributed by atoms with Gasteiger partial charge in [-0.15, -0.1) is 6.58 Å². The fourth-order valence-corrected chi connectivity index (χ4v) is 6.18. The van der Waals surface area contributed by atoms with E-state index >= 15 is 0 Å². The summed E-state index contributed by atoms with van der Waals surface area (Å²) in [5.41, 5.74) is 0.964. The number of hydrogen-bond donors (Lipinski definition) is 4. The fourth-order valence-electron chi connectivity index (χ4n) is 6.18. The first-order valence-corrected chi connectivity index (χ1v) is 17.4. The Morgan fingerprint density at radius 1 is 0.980 bits per heavy atom. The van der Waals surface area contributed by atoms with Crippen molar-refractivity contribution in [2.75, 3.05) is 19.6 Å². The number of urea groups is 1. The van der Waals surface area contributed by atoms with E-state index in [0.717, 1.165) is 17.5 Å². The van der Waals surface area contributed by atoms with Crippen molar-refractivity contribution in [2.24, 2.45) is 10.8 Å². The van der Waals surface area contributed by atoms with Crippen LogP contribution in [0.5, 0.6) is 0 Å². The van der Waals surface area contributed by atoms with E-state index in [1.165, 1.54) is 11.0 Å². The minimum atomic E-state index is -1.02. The van der Waals surface area contributed by atoms with Crippen LogP contribution in [-0.2, 0) is 36.9 Å². The molecule has 1 aromatic carbocycles.